The fourth-order valence-electron chi connectivity index (χ4n) is 2.44. The largest absolute Gasteiger partial charge is 0.486 e. The van der Waals surface area contributed by atoms with Gasteiger partial charge < -0.3 is 19.2 Å². The first kappa shape index (κ1) is 19.2. The van der Waals surface area contributed by atoms with Gasteiger partial charge in [0, 0.05) is 7.05 Å². The van der Waals surface area contributed by atoms with Crippen LogP contribution in [0.25, 0.3) is 0 Å². The summed E-state index contributed by atoms with van der Waals surface area (Å²) in [5.41, 5.74) is 0.835. The quantitative estimate of drug-likeness (QED) is 0.653. The van der Waals surface area contributed by atoms with Crippen LogP contribution in [0.1, 0.15) is 32.5 Å². The normalized spacial score (nSPS) is 10.6. The predicted octanol–water partition coefficient (Wildman–Crippen LogP) is 3.08. The van der Waals surface area contributed by atoms with Crippen LogP contribution in [-0.2, 0) is 18.4 Å². The van der Waals surface area contributed by atoms with E-state index in [4.69, 9.17) is 9.15 Å². The fourth-order valence-corrected chi connectivity index (χ4v) is 2.44. The molecule has 0 saturated heterocycles. The molecular formula is C19H18FN3O5. The van der Waals surface area contributed by atoms with Crippen molar-refractivity contribution in [2.24, 2.45) is 7.05 Å². The van der Waals surface area contributed by atoms with Gasteiger partial charge >= 0.3 is 5.97 Å². The van der Waals surface area contributed by atoms with E-state index in [1.54, 1.807) is 20.0 Å². The van der Waals surface area contributed by atoms with Gasteiger partial charge in [0.05, 0.1) is 18.5 Å². The number of benzene rings is 1. The zero-order valence-corrected chi connectivity index (χ0v) is 15.5. The summed E-state index contributed by atoms with van der Waals surface area (Å²) in [6.45, 7) is 1.78. The van der Waals surface area contributed by atoms with Gasteiger partial charge in [-0.25, -0.2) is 9.18 Å². The van der Waals surface area contributed by atoms with Crippen LogP contribution in [0, 0.1) is 12.7 Å². The van der Waals surface area contributed by atoms with Crippen molar-refractivity contribution in [2.75, 3.05) is 12.4 Å². The number of methoxy groups -OCH3 is 1. The Kier molecular flexibility index (Phi) is 5.44. The van der Waals surface area contributed by atoms with Gasteiger partial charge in [0.1, 0.15) is 23.9 Å². The lowest BCUT2D eigenvalue weighted by Gasteiger charge is -2.05. The molecule has 0 bridgehead atoms. The molecule has 0 unspecified atom stereocenters. The van der Waals surface area contributed by atoms with E-state index >= 15 is 0 Å². The molecule has 0 saturated carbocycles. The Morgan fingerprint density at radius 2 is 1.93 bits per heavy atom. The van der Waals surface area contributed by atoms with Gasteiger partial charge in [-0.3, -0.25) is 9.48 Å². The summed E-state index contributed by atoms with van der Waals surface area (Å²) in [4.78, 5) is 24.3. The maximum atomic E-state index is 12.9. The summed E-state index contributed by atoms with van der Waals surface area (Å²) in [6, 6.07) is 8.63. The van der Waals surface area contributed by atoms with Gasteiger partial charge in [-0.05, 0) is 43.3 Å². The van der Waals surface area contributed by atoms with Crippen LogP contribution in [0.2, 0.25) is 0 Å². The number of hydrogen-bond acceptors (Lipinski definition) is 6. The Labute approximate surface area is 159 Å². The van der Waals surface area contributed by atoms with Crippen LogP contribution in [0.4, 0.5) is 10.1 Å². The standard InChI is InChI=1S/C19H18FN3O5/c1-11-16(17(19(25)26-3)22-23(11)2)21-18(24)15-9-8-14(28-15)10-27-13-6-4-12(20)5-7-13/h4-9H,10H2,1-3H3,(H,21,24). The number of ether oxygens (including phenoxy) is 2. The minimum Gasteiger partial charge on any atom is -0.486 e. The van der Waals surface area contributed by atoms with Gasteiger partial charge in [-0.1, -0.05) is 0 Å². The molecule has 2 aromatic heterocycles. The summed E-state index contributed by atoms with van der Waals surface area (Å²) in [6.07, 6.45) is 0. The smallest absolute Gasteiger partial charge is 0.360 e. The van der Waals surface area contributed by atoms with E-state index in [0.717, 1.165) is 0 Å². The van der Waals surface area contributed by atoms with E-state index in [2.05, 4.69) is 15.2 Å². The second kappa shape index (κ2) is 7.95. The van der Waals surface area contributed by atoms with Crippen molar-refractivity contribution in [1.82, 2.24) is 9.78 Å². The highest BCUT2D eigenvalue weighted by atomic mass is 19.1. The molecule has 8 nitrogen and oxygen atoms in total. The number of carbonyl (C=O) groups excluding carboxylic acids is 2. The van der Waals surface area contributed by atoms with Crippen LogP contribution in [0.3, 0.4) is 0 Å². The second-order valence-corrected chi connectivity index (χ2v) is 5.89. The Morgan fingerprint density at radius 1 is 1.21 bits per heavy atom. The highest BCUT2D eigenvalue weighted by molar-refractivity contribution is 6.06. The summed E-state index contributed by atoms with van der Waals surface area (Å²) in [5.74, 6) is -0.651. The number of anilines is 1. The number of esters is 1. The van der Waals surface area contributed by atoms with Crippen molar-refractivity contribution in [1.29, 1.82) is 0 Å². The predicted molar refractivity (Wildman–Crippen MR) is 96.7 cm³/mol. The molecule has 3 aromatic rings. The third kappa shape index (κ3) is 4.03. The number of halogens is 1. The Bertz CT molecular complexity index is 1010. The molecule has 0 aliphatic rings. The van der Waals surface area contributed by atoms with E-state index in [-0.39, 0.29) is 29.6 Å². The van der Waals surface area contributed by atoms with Crippen molar-refractivity contribution in [2.45, 2.75) is 13.5 Å². The summed E-state index contributed by atoms with van der Waals surface area (Å²) in [7, 11) is 2.88. The number of aryl methyl sites for hydroxylation is 1. The van der Waals surface area contributed by atoms with Crippen molar-refractivity contribution in [3.8, 4) is 5.75 Å². The van der Waals surface area contributed by atoms with E-state index in [1.165, 1.54) is 42.1 Å². The molecule has 28 heavy (non-hydrogen) atoms. The maximum Gasteiger partial charge on any atom is 0.360 e. The first-order chi connectivity index (χ1) is 13.4. The highest BCUT2D eigenvalue weighted by Gasteiger charge is 2.23. The maximum absolute atomic E-state index is 12.9. The molecule has 2 heterocycles. The van der Waals surface area contributed by atoms with Crippen LogP contribution < -0.4 is 10.1 Å². The van der Waals surface area contributed by atoms with Crippen molar-refractivity contribution >= 4 is 17.6 Å². The van der Waals surface area contributed by atoms with Crippen molar-refractivity contribution in [3.63, 3.8) is 0 Å². The number of furan rings is 1. The van der Waals surface area contributed by atoms with Gasteiger partial charge in [0.2, 0.25) is 0 Å². The number of hydrogen-bond donors (Lipinski definition) is 1. The average molecular weight is 387 g/mol. The van der Waals surface area contributed by atoms with Crippen LogP contribution in [0.15, 0.2) is 40.8 Å². The Morgan fingerprint density at radius 3 is 2.61 bits per heavy atom. The third-order valence-electron chi connectivity index (χ3n) is 4.03. The Balaban J connectivity index is 1.69. The van der Waals surface area contributed by atoms with Crippen molar-refractivity contribution in [3.05, 3.63) is 65.1 Å². The van der Waals surface area contributed by atoms with Gasteiger partial charge in [-0.2, -0.15) is 5.10 Å². The molecule has 1 aromatic carbocycles. The first-order valence-electron chi connectivity index (χ1n) is 8.29. The van der Waals surface area contributed by atoms with Gasteiger partial charge in [-0.15, -0.1) is 0 Å². The van der Waals surface area contributed by atoms with Crippen LogP contribution in [0.5, 0.6) is 5.75 Å². The monoisotopic (exact) mass is 387 g/mol. The lowest BCUT2D eigenvalue weighted by Crippen LogP contribution is -2.14. The van der Waals surface area contributed by atoms with Gasteiger partial charge in [0.15, 0.2) is 11.5 Å². The fraction of sp³-hybridized carbons (Fsp3) is 0.211. The second-order valence-electron chi connectivity index (χ2n) is 5.89. The van der Waals surface area contributed by atoms with Crippen LogP contribution >= 0.6 is 0 Å². The topological polar surface area (TPSA) is 95.6 Å². The summed E-state index contributed by atoms with van der Waals surface area (Å²) in [5, 5.41) is 6.68. The molecule has 0 radical (unpaired) electrons. The molecule has 0 aliphatic carbocycles. The molecule has 0 spiro atoms. The molecule has 1 N–H and O–H groups in total. The van der Waals surface area contributed by atoms with E-state index in [0.29, 0.717) is 17.2 Å². The average Bonchev–Trinajstić information content (AvgIpc) is 3.27. The number of carbonyl (C=O) groups is 2. The zero-order chi connectivity index (χ0) is 20.3. The van der Waals surface area contributed by atoms with Gasteiger partial charge in [0.25, 0.3) is 5.91 Å². The SMILES string of the molecule is COC(=O)c1nn(C)c(C)c1NC(=O)c1ccc(COc2ccc(F)cc2)o1. The summed E-state index contributed by atoms with van der Waals surface area (Å²) < 4.78 is 30.0. The molecule has 1 amide bonds. The van der Waals surface area contributed by atoms with E-state index < -0.39 is 11.9 Å². The van der Waals surface area contributed by atoms with Crippen molar-refractivity contribution < 1.29 is 27.9 Å². The minimum atomic E-state index is -0.660. The van der Waals surface area contributed by atoms with Crippen LogP contribution in [-0.4, -0.2) is 28.8 Å². The minimum absolute atomic E-state index is 0.00210. The first-order valence-corrected chi connectivity index (χ1v) is 8.29. The zero-order valence-electron chi connectivity index (χ0n) is 15.5. The lowest BCUT2D eigenvalue weighted by atomic mass is 10.3. The number of rotatable bonds is 6. The van der Waals surface area contributed by atoms with E-state index in [1.807, 2.05) is 0 Å². The third-order valence-corrected chi connectivity index (χ3v) is 4.03. The Hall–Kier alpha value is -3.62. The van der Waals surface area contributed by atoms with E-state index in [9.17, 15) is 14.0 Å². The lowest BCUT2D eigenvalue weighted by molar-refractivity contribution is 0.0594. The number of nitrogens with one attached hydrogen (secondary N) is 1. The number of aromatic nitrogens is 2. The molecule has 9 heteroatoms. The molecule has 0 aliphatic heterocycles. The number of amides is 1. The molecule has 146 valence electrons. The highest BCUT2D eigenvalue weighted by Crippen LogP contribution is 2.22. The summed E-state index contributed by atoms with van der Waals surface area (Å²) >= 11 is 0. The molecule has 3 rings (SSSR count). The molecule has 0 atom stereocenters. The molecular weight excluding hydrogens is 369 g/mol. The molecule has 0 fully saturated rings. The number of nitrogens with zero attached hydrogens (tertiary/aromatic N) is 2.